The van der Waals surface area contributed by atoms with Crippen LogP contribution in [0, 0.1) is 13.8 Å². The van der Waals surface area contributed by atoms with Crippen molar-refractivity contribution in [2.75, 3.05) is 11.4 Å². The molecule has 0 heterocycles. The molecule has 0 spiro atoms. The smallest absolute Gasteiger partial charge is 0.473 e. The fraction of sp³-hybridized carbons (Fsp3) is 0.278. The van der Waals surface area contributed by atoms with Crippen molar-refractivity contribution < 1.29 is 42.3 Å². The normalized spacial score (nSPS) is 12.0. The van der Waals surface area contributed by atoms with Gasteiger partial charge in [0, 0.05) is 0 Å². The van der Waals surface area contributed by atoms with Crippen LogP contribution < -0.4 is 9.80 Å². The minimum Gasteiger partial charge on any atom is -0.481 e. The van der Waals surface area contributed by atoms with E-state index in [1.165, 1.54) is 24.3 Å². The van der Waals surface area contributed by atoms with Gasteiger partial charge in [-0.15, -0.1) is 0 Å². The van der Waals surface area contributed by atoms with Crippen molar-refractivity contribution in [2.24, 2.45) is 0 Å². The summed E-state index contributed by atoms with van der Waals surface area (Å²) in [5, 5.41) is 8.98. The van der Waals surface area contributed by atoms with Crippen molar-refractivity contribution >= 4 is 19.2 Å². The number of amides is 1. The Bertz CT molecular complexity index is 917. The minimum absolute atomic E-state index is 0.309. The second kappa shape index (κ2) is 8.54. The molecule has 0 aliphatic carbocycles. The fourth-order valence-electron chi connectivity index (χ4n) is 2.67. The number of hydrogen-bond donors (Lipinski definition) is 3. The number of halogens is 3. The van der Waals surface area contributed by atoms with Gasteiger partial charge in [0.1, 0.15) is 5.75 Å². The van der Waals surface area contributed by atoms with Crippen molar-refractivity contribution in [3.63, 3.8) is 0 Å². The number of ether oxygens (including phenoxy) is 1. The van der Waals surface area contributed by atoms with E-state index in [2.05, 4.69) is 0 Å². The van der Waals surface area contributed by atoms with Crippen molar-refractivity contribution in [1.29, 1.82) is 0 Å². The van der Waals surface area contributed by atoms with Gasteiger partial charge in [0.2, 0.25) is 0 Å². The third-order valence-corrected chi connectivity index (χ3v) is 4.53. The molecule has 0 aliphatic heterocycles. The zero-order valence-corrected chi connectivity index (χ0v) is 16.4. The highest BCUT2D eigenvalue weighted by Crippen LogP contribution is 2.35. The van der Waals surface area contributed by atoms with E-state index in [1.54, 1.807) is 26.0 Å². The summed E-state index contributed by atoms with van der Waals surface area (Å²) in [5.74, 6) is -2.08. The van der Waals surface area contributed by atoms with Crippen molar-refractivity contribution in [2.45, 2.75) is 26.4 Å². The van der Waals surface area contributed by atoms with E-state index in [0.717, 1.165) is 22.3 Å². The predicted molar refractivity (Wildman–Crippen MR) is 98.0 cm³/mol. The molecule has 7 nitrogen and oxygen atoms in total. The molecule has 1 amide bonds. The third-order valence-electron chi connectivity index (χ3n) is 4.07. The highest BCUT2D eigenvalue weighted by atomic mass is 31.2. The molecule has 0 bridgehead atoms. The van der Waals surface area contributed by atoms with Crippen LogP contribution in [0.1, 0.15) is 22.3 Å². The lowest BCUT2D eigenvalue weighted by Crippen LogP contribution is -2.38. The average Bonchev–Trinajstić information content (AvgIpc) is 2.61. The Balaban J connectivity index is 2.16. The minimum atomic E-state index is -5.19. The molecule has 2 aromatic carbocycles. The number of rotatable bonds is 6. The van der Waals surface area contributed by atoms with Crippen LogP contribution in [0.2, 0.25) is 0 Å². The zero-order chi connectivity index (χ0) is 22.0. The number of hydrogen-bond acceptors (Lipinski definition) is 4. The van der Waals surface area contributed by atoms with Gasteiger partial charge in [-0.25, -0.2) is 0 Å². The van der Waals surface area contributed by atoms with Gasteiger partial charge in [0.15, 0.2) is 6.35 Å². The van der Waals surface area contributed by atoms with E-state index in [-0.39, 0.29) is 5.69 Å². The summed E-state index contributed by atoms with van der Waals surface area (Å²) in [4.78, 5) is 28.8. The average molecular weight is 433 g/mol. The highest BCUT2D eigenvalue weighted by Gasteiger charge is 2.43. The maximum absolute atomic E-state index is 12.4. The molecule has 0 aliphatic rings. The molecule has 158 valence electrons. The second-order valence-corrected chi connectivity index (χ2v) is 8.02. The molecule has 0 unspecified atom stereocenters. The lowest BCUT2D eigenvalue weighted by Gasteiger charge is -2.17. The largest absolute Gasteiger partial charge is 0.481 e. The van der Waals surface area contributed by atoms with E-state index < -0.39 is 31.1 Å². The number of alkyl halides is 3. The first-order chi connectivity index (χ1) is 13.3. The van der Waals surface area contributed by atoms with Gasteiger partial charge in [0.05, 0.1) is 5.69 Å². The topological polar surface area (TPSA) is 107 Å². The summed E-state index contributed by atoms with van der Waals surface area (Å²) in [7, 11) is -4.30. The molecule has 2 aromatic rings. The lowest BCUT2D eigenvalue weighted by atomic mass is 9.95. The number of nitrogens with zero attached hydrogens (tertiary/aromatic N) is 1. The standard InChI is InChI=1S/C18H19F3NO6P/c1-11-7-15(28-10-29(25,26)27)8-12(2)16(11)9-13-3-5-14(6-4-13)22(24)17(23)18(19,20)21/h3-8,24H,9-10H2,1-2H3,(H2,25,26,27). The summed E-state index contributed by atoms with van der Waals surface area (Å²) in [6.45, 7) is 3.58. The Morgan fingerprint density at radius 1 is 1.10 bits per heavy atom. The summed E-state index contributed by atoms with van der Waals surface area (Å²) in [6.07, 6.45) is -5.51. The summed E-state index contributed by atoms with van der Waals surface area (Å²) in [5.41, 5.74) is 2.90. The molecule has 0 saturated carbocycles. The Hall–Kier alpha value is -2.39. The van der Waals surface area contributed by atoms with Gasteiger partial charge in [-0.3, -0.25) is 14.6 Å². The number of hydroxylamine groups is 1. The van der Waals surface area contributed by atoms with E-state index in [0.29, 0.717) is 12.2 Å². The maximum Gasteiger partial charge on any atom is 0.473 e. The fourth-order valence-corrected chi connectivity index (χ4v) is 2.99. The third kappa shape index (κ3) is 6.30. The quantitative estimate of drug-likeness (QED) is 0.364. The van der Waals surface area contributed by atoms with E-state index in [1.807, 2.05) is 0 Å². The Morgan fingerprint density at radius 3 is 2.07 bits per heavy atom. The summed E-state index contributed by atoms with van der Waals surface area (Å²) in [6, 6.07) is 8.62. The Kier molecular flexibility index (Phi) is 6.74. The summed E-state index contributed by atoms with van der Waals surface area (Å²) < 4.78 is 53.2. The van der Waals surface area contributed by atoms with Gasteiger partial charge in [0.25, 0.3) is 0 Å². The number of benzene rings is 2. The predicted octanol–water partition coefficient (Wildman–Crippen LogP) is 3.69. The zero-order valence-electron chi connectivity index (χ0n) is 15.5. The van der Waals surface area contributed by atoms with E-state index in [4.69, 9.17) is 14.5 Å². The summed E-state index contributed by atoms with van der Waals surface area (Å²) >= 11 is 0. The van der Waals surface area contributed by atoms with Gasteiger partial charge in [-0.05, 0) is 66.8 Å². The van der Waals surface area contributed by atoms with E-state index >= 15 is 0 Å². The first kappa shape index (κ1) is 22.9. The number of carbonyl (C=O) groups excluding carboxylic acids is 1. The maximum atomic E-state index is 12.4. The molecule has 0 atom stereocenters. The molecule has 29 heavy (non-hydrogen) atoms. The van der Waals surface area contributed by atoms with Gasteiger partial charge in [-0.2, -0.15) is 18.2 Å². The van der Waals surface area contributed by atoms with Crippen molar-refractivity contribution in [3.05, 3.63) is 58.7 Å². The van der Waals surface area contributed by atoms with E-state index in [9.17, 15) is 27.7 Å². The Labute approximate surface area is 164 Å². The van der Waals surface area contributed by atoms with Crippen molar-refractivity contribution in [1.82, 2.24) is 0 Å². The first-order valence-electron chi connectivity index (χ1n) is 8.24. The molecule has 0 saturated heterocycles. The van der Waals surface area contributed by atoms with Gasteiger partial charge < -0.3 is 14.5 Å². The monoisotopic (exact) mass is 433 g/mol. The van der Waals surface area contributed by atoms with Crippen LogP contribution in [0.5, 0.6) is 5.75 Å². The molecule has 0 fully saturated rings. The number of aryl methyl sites for hydroxylation is 2. The Morgan fingerprint density at radius 2 is 1.62 bits per heavy atom. The van der Waals surface area contributed by atoms with Crippen LogP contribution in [-0.4, -0.2) is 33.4 Å². The second-order valence-electron chi connectivity index (χ2n) is 6.43. The number of carbonyl (C=O) groups is 1. The van der Waals surface area contributed by atoms with Gasteiger partial charge >= 0.3 is 19.7 Å². The highest BCUT2D eigenvalue weighted by molar-refractivity contribution is 7.51. The molecule has 0 radical (unpaired) electrons. The molecule has 3 N–H and O–H groups in total. The molecular formula is C18H19F3NO6P. The SMILES string of the molecule is Cc1cc(OCP(=O)(O)O)cc(C)c1Cc1ccc(N(O)C(=O)C(F)(F)F)cc1. The molecule has 2 rings (SSSR count). The number of anilines is 1. The molecule has 0 aromatic heterocycles. The van der Waals surface area contributed by atoms with Crippen LogP contribution >= 0.6 is 7.60 Å². The molecule has 11 heteroatoms. The molecular weight excluding hydrogens is 414 g/mol. The lowest BCUT2D eigenvalue weighted by molar-refractivity contribution is -0.175. The van der Waals surface area contributed by atoms with Crippen LogP contribution in [0.15, 0.2) is 36.4 Å². The van der Waals surface area contributed by atoms with Crippen LogP contribution in [0.3, 0.4) is 0 Å². The van der Waals surface area contributed by atoms with Crippen LogP contribution in [0.4, 0.5) is 18.9 Å². The van der Waals surface area contributed by atoms with Crippen LogP contribution in [-0.2, 0) is 15.8 Å². The first-order valence-corrected chi connectivity index (χ1v) is 10.0. The van der Waals surface area contributed by atoms with Crippen molar-refractivity contribution in [3.8, 4) is 5.75 Å². The van der Waals surface area contributed by atoms with Crippen LogP contribution in [0.25, 0.3) is 0 Å². The van der Waals surface area contributed by atoms with Gasteiger partial charge in [-0.1, -0.05) is 12.1 Å².